The predicted molar refractivity (Wildman–Crippen MR) is 67.9 cm³/mol. The number of para-hydroxylation sites is 1. The Labute approximate surface area is 100 Å². The van der Waals surface area contributed by atoms with Crippen LogP contribution in [0.4, 0.5) is 0 Å². The Morgan fingerprint density at radius 3 is 2.57 bits per heavy atom. The molecule has 14 heavy (non-hydrogen) atoms. The Kier molecular flexibility index (Phi) is 6.02. The van der Waals surface area contributed by atoms with Crippen LogP contribution in [-0.2, 0) is 6.54 Å². The fourth-order valence-electron chi connectivity index (χ4n) is 1.01. The van der Waals surface area contributed by atoms with Gasteiger partial charge in [-0.25, -0.2) is 4.99 Å². The van der Waals surface area contributed by atoms with E-state index in [2.05, 4.69) is 4.99 Å². The lowest BCUT2D eigenvalue weighted by Gasteiger charge is -2.04. The molecule has 0 aliphatic rings. The third-order valence-electron chi connectivity index (χ3n) is 1.62. The summed E-state index contributed by atoms with van der Waals surface area (Å²) in [5.74, 6) is 0.887. The van der Waals surface area contributed by atoms with Crippen LogP contribution in [0, 0.1) is 0 Å². The third-order valence-corrected chi connectivity index (χ3v) is 1.62. The molecule has 4 nitrogen and oxygen atoms in total. The van der Waals surface area contributed by atoms with Gasteiger partial charge in [0.1, 0.15) is 5.75 Å². The van der Waals surface area contributed by atoms with Crippen LogP contribution < -0.4 is 16.2 Å². The molecule has 1 aromatic rings. The molecule has 0 atom stereocenters. The number of halogens is 1. The molecule has 0 aliphatic carbocycles. The minimum Gasteiger partial charge on any atom is -0.496 e. The van der Waals surface area contributed by atoms with Gasteiger partial charge in [-0.1, -0.05) is 18.2 Å². The second kappa shape index (κ2) is 6.47. The second-order valence-electron chi connectivity index (χ2n) is 2.55. The third kappa shape index (κ3) is 3.82. The number of hydrogen-bond acceptors (Lipinski definition) is 2. The fraction of sp³-hybridized carbons (Fsp3) is 0.222. The average molecular weight is 307 g/mol. The van der Waals surface area contributed by atoms with Gasteiger partial charge < -0.3 is 16.2 Å². The minimum absolute atomic E-state index is 0. The Bertz CT molecular complexity index is 311. The molecule has 0 radical (unpaired) electrons. The highest BCUT2D eigenvalue weighted by Crippen LogP contribution is 2.17. The fourth-order valence-corrected chi connectivity index (χ4v) is 1.01. The monoisotopic (exact) mass is 307 g/mol. The molecule has 0 unspecified atom stereocenters. The zero-order valence-corrected chi connectivity index (χ0v) is 10.3. The number of nitrogens with zero attached hydrogens (tertiary/aromatic N) is 1. The summed E-state index contributed by atoms with van der Waals surface area (Å²) in [5, 5.41) is 0. The van der Waals surface area contributed by atoms with Crippen LogP contribution in [0.2, 0.25) is 0 Å². The number of rotatable bonds is 3. The van der Waals surface area contributed by atoms with Crippen LogP contribution in [0.5, 0.6) is 5.75 Å². The van der Waals surface area contributed by atoms with E-state index in [4.69, 9.17) is 16.2 Å². The summed E-state index contributed by atoms with van der Waals surface area (Å²) in [6.07, 6.45) is 0. The van der Waals surface area contributed by atoms with E-state index in [9.17, 15) is 0 Å². The molecule has 0 saturated carbocycles. The number of hydrogen-bond donors (Lipinski definition) is 2. The van der Waals surface area contributed by atoms with E-state index >= 15 is 0 Å². The van der Waals surface area contributed by atoms with E-state index in [1.165, 1.54) is 0 Å². The molecule has 1 aromatic carbocycles. The number of guanidine groups is 1. The van der Waals surface area contributed by atoms with Gasteiger partial charge in [-0.2, -0.15) is 0 Å². The highest BCUT2D eigenvalue weighted by molar-refractivity contribution is 14.0. The molecule has 0 aromatic heterocycles. The number of nitrogens with two attached hydrogens (primary N) is 2. The maximum Gasteiger partial charge on any atom is 0.186 e. The molecule has 4 N–H and O–H groups in total. The number of ether oxygens (including phenoxy) is 1. The van der Waals surface area contributed by atoms with Crippen molar-refractivity contribution in [1.82, 2.24) is 0 Å². The molecule has 0 amide bonds. The van der Waals surface area contributed by atoms with Crippen molar-refractivity contribution in [2.75, 3.05) is 7.11 Å². The maximum atomic E-state index is 5.22. The molecule has 0 saturated heterocycles. The van der Waals surface area contributed by atoms with Crippen molar-refractivity contribution in [1.29, 1.82) is 0 Å². The normalized spacial score (nSPS) is 8.64. The van der Waals surface area contributed by atoms with Gasteiger partial charge in [-0.05, 0) is 6.07 Å². The van der Waals surface area contributed by atoms with E-state index in [1.807, 2.05) is 24.3 Å². The molecule has 0 heterocycles. The lowest BCUT2D eigenvalue weighted by atomic mass is 10.2. The van der Waals surface area contributed by atoms with Crippen LogP contribution in [-0.4, -0.2) is 13.1 Å². The van der Waals surface area contributed by atoms with Gasteiger partial charge in [0.2, 0.25) is 0 Å². The first kappa shape index (κ1) is 13.0. The van der Waals surface area contributed by atoms with Crippen molar-refractivity contribution in [3.8, 4) is 5.75 Å². The van der Waals surface area contributed by atoms with Gasteiger partial charge in [0, 0.05) is 5.56 Å². The molecule has 0 bridgehead atoms. The summed E-state index contributed by atoms with van der Waals surface area (Å²) in [5.41, 5.74) is 11.4. The molecule has 0 aliphatic heterocycles. The van der Waals surface area contributed by atoms with Gasteiger partial charge in [0.05, 0.1) is 13.7 Å². The number of aliphatic imine (C=N–C) groups is 1. The highest BCUT2D eigenvalue weighted by Gasteiger charge is 1.99. The topological polar surface area (TPSA) is 73.6 Å². The van der Waals surface area contributed by atoms with Crippen LogP contribution >= 0.6 is 24.0 Å². The summed E-state index contributed by atoms with van der Waals surface area (Å²) < 4.78 is 5.13. The van der Waals surface area contributed by atoms with Crippen molar-refractivity contribution in [2.24, 2.45) is 16.5 Å². The Hall–Kier alpha value is -0.980. The summed E-state index contributed by atoms with van der Waals surface area (Å²) in [6, 6.07) is 7.61. The summed E-state index contributed by atoms with van der Waals surface area (Å²) in [7, 11) is 1.62. The maximum absolute atomic E-state index is 5.22. The lowest BCUT2D eigenvalue weighted by molar-refractivity contribution is 0.410. The van der Waals surface area contributed by atoms with Crippen molar-refractivity contribution < 1.29 is 4.74 Å². The van der Waals surface area contributed by atoms with Gasteiger partial charge in [0.15, 0.2) is 5.96 Å². The summed E-state index contributed by atoms with van der Waals surface area (Å²) in [4.78, 5) is 3.90. The van der Waals surface area contributed by atoms with E-state index < -0.39 is 0 Å². The summed E-state index contributed by atoms with van der Waals surface area (Å²) >= 11 is 0. The van der Waals surface area contributed by atoms with Crippen LogP contribution in [0.1, 0.15) is 5.56 Å². The standard InChI is InChI=1S/C9H13N3O.HI/c1-13-8-5-3-2-4-7(8)6-12-9(10)11;/h2-5H,6H2,1H3,(H4,10,11,12);1H. The van der Waals surface area contributed by atoms with Crippen LogP contribution in [0.3, 0.4) is 0 Å². The minimum atomic E-state index is 0. The van der Waals surface area contributed by atoms with Gasteiger partial charge in [-0.15, -0.1) is 24.0 Å². The molecule has 0 spiro atoms. The smallest absolute Gasteiger partial charge is 0.186 e. The summed E-state index contributed by atoms with van der Waals surface area (Å²) in [6.45, 7) is 0.451. The number of benzene rings is 1. The van der Waals surface area contributed by atoms with Crippen molar-refractivity contribution in [3.05, 3.63) is 29.8 Å². The zero-order chi connectivity index (χ0) is 9.68. The lowest BCUT2D eigenvalue weighted by Crippen LogP contribution is -2.22. The Morgan fingerprint density at radius 1 is 1.36 bits per heavy atom. The first-order valence-corrected chi connectivity index (χ1v) is 3.91. The molecular weight excluding hydrogens is 293 g/mol. The van der Waals surface area contributed by atoms with E-state index in [0.717, 1.165) is 11.3 Å². The van der Waals surface area contributed by atoms with E-state index in [0.29, 0.717) is 6.54 Å². The first-order valence-electron chi connectivity index (χ1n) is 3.91. The number of methoxy groups -OCH3 is 1. The Morgan fingerprint density at radius 2 is 2.00 bits per heavy atom. The van der Waals surface area contributed by atoms with Crippen molar-refractivity contribution >= 4 is 29.9 Å². The SMILES string of the molecule is COc1ccccc1CN=C(N)N.I. The van der Waals surface area contributed by atoms with Crippen molar-refractivity contribution in [2.45, 2.75) is 6.54 Å². The van der Waals surface area contributed by atoms with E-state index in [-0.39, 0.29) is 29.9 Å². The molecule has 5 heteroatoms. The van der Waals surface area contributed by atoms with Crippen LogP contribution in [0.25, 0.3) is 0 Å². The second-order valence-corrected chi connectivity index (χ2v) is 2.55. The first-order chi connectivity index (χ1) is 6.24. The quantitative estimate of drug-likeness (QED) is 0.499. The average Bonchev–Trinajstić information content (AvgIpc) is 2.15. The molecular formula is C9H14IN3O. The largest absolute Gasteiger partial charge is 0.496 e. The van der Waals surface area contributed by atoms with Gasteiger partial charge in [0.25, 0.3) is 0 Å². The molecule has 78 valence electrons. The Balaban J connectivity index is 0.00000169. The van der Waals surface area contributed by atoms with E-state index in [1.54, 1.807) is 7.11 Å². The predicted octanol–water partition coefficient (Wildman–Crippen LogP) is 1.09. The van der Waals surface area contributed by atoms with Crippen LogP contribution in [0.15, 0.2) is 29.3 Å². The van der Waals surface area contributed by atoms with Crippen molar-refractivity contribution in [3.63, 3.8) is 0 Å². The zero-order valence-electron chi connectivity index (χ0n) is 7.93. The molecule has 0 fully saturated rings. The van der Waals surface area contributed by atoms with Gasteiger partial charge >= 0.3 is 0 Å². The van der Waals surface area contributed by atoms with Gasteiger partial charge in [-0.3, -0.25) is 0 Å². The molecule has 1 rings (SSSR count). The highest BCUT2D eigenvalue weighted by atomic mass is 127.